The van der Waals surface area contributed by atoms with E-state index in [-0.39, 0.29) is 24.9 Å². The van der Waals surface area contributed by atoms with Crippen molar-refractivity contribution in [1.29, 1.82) is 0 Å². The van der Waals surface area contributed by atoms with Crippen molar-refractivity contribution >= 4 is 21.8 Å². The van der Waals surface area contributed by atoms with E-state index in [0.29, 0.717) is 17.2 Å². The molecule has 8 nitrogen and oxygen atoms in total. The molecule has 1 N–H and O–H groups in total. The molecule has 0 aliphatic carbocycles. The summed E-state index contributed by atoms with van der Waals surface area (Å²) in [6.07, 6.45) is 1.55. The highest BCUT2D eigenvalue weighted by Crippen LogP contribution is 2.24. The Morgan fingerprint density at radius 1 is 1.03 bits per heavy atom. The number of nitrogens with zero attached hydrogens (tertiary/aromatic N) is 1. The lowest BCUT2D eigenvalue weighted by Gasteiger charge is -2.23. The number of amides is 2. The first-order chi connectivity index (χ1) is 15.3. The van der Waals surface area contributed by atoms with Gasteiger partial charge in [-0.3, -0.25) is 0 Å². The molecule has 1 aromatic heterocycles. The fourth-order valence-electron chi connectivity index (χ4n) is 2.83. The molecule has 0 saturated heterocycles. The minimum atomic E-state index is -3.67. The maximum Gasteiger partial charge on any atom is 0.322 e. The summed E-state index contributed by atoms with van der Waals surface area (Å²) in [4.78, 5) is 14.6. The van der Waals surface area contributed by atoms with Crippen molar-refractivity contribution in [3.8, 4) is 11.5 Å². The van der Waals surface area contributed by atoms with Crippen molar-refractivity contribution in [2.24, 2.45) is 0 Å². The lowest BCUT2D eigenvalue weighted by Crippen LogP contribution is -2.34. The molecule has 9 heteroatoms. The van der Waals surface area contributed by atoms with Gasteiger partial charge in [0.15, 0.2) is 0 Å². The zero-order chi connectivity index (χ0) is 23.1. The number of hydrogen-bond donors (Lipinski definition) is 1. The van der Waals surface area contributed by atoms with Gasteiger partial charge >= 0.3 is 16.1 Å². The van der Waals surface area contributed by atoms with Crippen LogP contribution in [0.25, 0.3) is 0 Å². The van der Waals surface area contributed by atoms with E-state index in [9.17, 15) is 13.2 Å². The standard InChI is InChI=1S/C23H26N2O6S/c1-17(2)32(27,28)31-19-12-10-18(11-13-19)15-25(16-20-7-6-14-30-20)23(26)24-21-8-4-5-9-22(21)29-3/h4-14,17H,15-16H2,1-3H3,(H,24,26). The summed E-state index contributed by atoms with van der Waals surface area (Å²) in [5, 5.41) is 2.22. The van der Waals surface area contributed by atoms with Gasteiger partial charge in [-0.2, -0.15) is 8.42 Å². The summed E-state index contributed by atoms with van der Waals surface area (Å²) in [6, 6.07) is 16.9. The molecule has 0 unspecified atom stereocenters. The van der Waals surface area contributed by atoms with Gasteiger partial charge in [-0.1, -0.05) is 24.3 Å². The predicted molar refractivity (Wildman–Crippen MR) is 121 cm³/mol. The molecule has 170 valence electrons. The zero-order valence-corrected chi connectivity index (χ0v) is 19.0. The average molecular weight is 459 g/mol. The van der Waals surface area contributed by atoms with Crippen molar-refractivity contribution in [3.63, 3.8) is 0 Å². The monoisotopic (exact) mass is 458 g/mol. The second-order valence-electron chi connectivity index (χ2n) is 7.33. The number of furan rings is 1. The van der Waals surface area contributed by atoms with Gasteiger partial charge in [-0.05, 0) is 55.8 Å². The second kappa shape index (κ2) is 10.2. The molecule has 0 spiro atoms. The zero-order valence-electron chi connectivity index (χ0n) is 18.1. The fraction of sp³-hybridized carbons (Fsp3) is 0.261. The number of benzene rings is 2. The number of rotatable bonds is 9. The smallest absolute Gasteiger partial charge is 0.322 e. The van der Waals surface area contributed by atoms with E-state index in [4.69, 9.17) is 13.3 Å². The third-order valence-electron chi connectivity index (χ3n) is 4.65. The highest BCUT2D eigenvalue weighted by molar-refractivity contribution is 7.87. The van der Waals surface area contributed by atoms with Gasteiger partial charge in [0.2, 0.25) is 0 Å². The average Bonchev–Trinajstić information content (AvgIpc) is 3.28. The third-order valence-corrected chi connectivity index (χ3v) is 6.23. The minimum Gasteiger partial charge on any atom is -0.495 e. The van der Waals surface area contributed by atoms with Gasteiger partial charge in [-0.25, -0.2) is 4.79 Å². The first-order valence-electron chi connectivity index (χ1n) is 10.0. The van der Waals surface area contributed by atoms with E-state index >= 15 is 0 Å². The number of carbonyl (C=O) groups excluding carboxylic acids is 1. The Kier molecular flexibility index (Phi) is 7.42. The molecule has 1 heterocycles. The quantitative estimate of drug-likeness (QED) is 0.469. The van der Waals surface area contributed by atoms with Crippen molar-refractivity contribution < 1.29 is 26.5 Å². The molecule has 2 amide bonds. The minimum absolute atomic E-state index is 0.221. The SMILES string of the molecule is COc1ccccc1NC(=O)N(Cc1ccc(OS(=O)(=O)C(C)C)cc1)Cc1ccco1. The maximum absolute atomic E-state index is 13.1. The van der Waals surface area contributed by atoms with Crippen LogP contribution < -0.4 is 14.2 Å². The topological polar surface area (TPSA) is 98.1 Å². The molecule has 0 radical (unpaired) electrons. The predicted octanol–water partition coefficient (Wildman–Crippen LogP) is 4.64. The number of ether oxygens (including phenoxy) is 1. The molecule has 3 rings (SSSR count). The van der Waals surface area contributed by atoms with Crippen LogP contribution in [0.1, 0.15) is 25.2 Å². The normalized spacial score (nSPS) is 11.2. The van der Waals surface area contributed by atoms with E-state index in [1.54, 1.807) is 79.6 Å². The number of carbonyl (C=O) groups is 1. The van der Waals surface area contributed by atoms with Gasteiger partial charge in [0, 0.05) is 6.54 Å². The molecule has 2 aromatic carbocycles. The largest absolute Gasteiger partial charge is 0.495 e. The van der Waals surface area contributed by atoms with Gasteiger partial charge in [0.25, 0.3) is 0 Å². The summed E-state index contributed by atoms with van der Waals surface area (Å²) < 4.78 is 39.7. The molecule has 0 saturated carbocycles. The highest BCUT2D eigenvalue weighted by Gasteiger charge is 2.20. The van der Waals surface area contributed by atoms with E-state index in [0.717, 1.165) is 5.56 Å². The summed E-state index contributed by atoms with van der Waals surface area (Å²) in [6.45, 7) is 3.61. The third kappa shape index (κ3) is 6.04. The Morgan fingerprint density at radius 3 is 2.38 bits per heavy atom. The van der Waals surface area contributed by atoms with Crippen LogP contribution in [-0.4, -0.2) is 31.7 Å². The molecule has 0 aliphatic heterocycles. The summed E-state index contributed by atoms with van der Waals surface area (Å²) in [5.74, 6) is 1.40. The lowest BCUT2D eigenvalue weighted by molar-refractivity contribution is 0.201. The summed E-state index contributed by atoms with van der Waals surface area (Å²) in [5.41, 5.74) is 1.34. The molecule has 0 aliphatic rings. The molecule has 0 atom stereocenters. The molecule has 0 bridgehead atoms. The van der Waals surface area contributed by atoms with Crippen LogP contribution in [0.2, 0.25) is 0 Å². The Balaban J connectivity index is 1.76. The maximum atomic E-state index is 13.1. The molecular formula is C23H26N2O6S. The number of para-hydroxylation sites is 2. The molecular weight excluding hydrogens is 432 g/mol. The van der Waals surface area contributed by atoms with Gasteiger partial charge < -0.3 is 23.6 Å². The molecule has 32 heavy (non-hydrogen) atoms. The van der Waals surface area contributed by atoms with Crippen LogP contribution in [0, 0.1) is 0 Å². The second-order valence-corrected chi connectivity index (χ2v) is 9.43. The molecule has 0 fully saturated rings. The lowest BCUT2D eigenvalue weighted by atomic mass is 10.2. The first-order valence-corrected chi connectivity index (χ1v) is 11.5. The Hall–Kier alpha value is -3.46. The first kappa shape index (κ1) is 23.2. The van der Waals surface area contributed by atoms with E-state index in [1.165, 1.54) is 7.11 Å². The number of anilines is 1. The van der Waals surface area contributed by atoms with Crippen molar-refractivity contribution in [2.45, 2.75) is 32.2 Å². The van der Waals surface area contributed by atoms with Crippen LogP contribution in [-0.2, 0) is 23.2 Å². The van der Waals surface area contributed by atoms with Crippen LogP contribution in [0.4, 0.5) is 10.5 Å². The number of urea groups is 1. The number of hydrogen-bond acceptors (Lipinski definition) is 6. The van der Waals surface area contributed by atoms with Crippen LogP contribution in [0.15, 0.2) is 71.3 Å². The van der Waals surface area contributed by atoms with Gasteiger partial charge in [0.05, 0.1) is 30.9 Å². The Bertz CT molecular complexity index is 1130. The van der Waals surface area contributed by atoms with Gasteiger partial charge in [-0.15, -0.1) is 0 Å². The summed E-state index contributed by atoms with van der Waals surface area (Å²) in [7, 11) is -2.14. The van der Waals surface area contributed by atoms with Gasteiger partial charge in [0.1, 0.15) is 17.3 Å². The van der Waals surface area contributed by atoms with E-state index < -0.39 is 15.4 Å². The van der Waals surface area contributed by atoms with E-state index in [2.05, 4.69) is 5.32 Å². The van der Waals surface area contributed by atoms with Crippen molar-refractivity contribution in [3.05, 3.63) is 78.3 Å². The number of nitrogens with one attached hydrogen (secondary N) is 1. The Morgan fingerprint density at radius 2 is 1.75 bits per heavy atom. The fourth-order valence-corrected chi connectivity index (χ4v) is 3.41. The Labute approximate surface area is 187 Å². The highest BCUT2D eigenvalue weighted by atomic mass is 32.2. The summed E-state index contributed by atoms with van der Waals surface area (Å²) >= 11 is 0. The van der Waals surface area contributed by atoms with Crippen molar-refractivity contribution in [1.82, 2.24) is 4.90 Å². The number of methoxy groups -OCH3 is 1. The van der Waals surface area contributed by atoms with E-state index in [1.807, 2.05) is 6.07 Å². The van der Waals surface area contributed by atoms with Crippen LogP contribution in [0.5, 0.6) is 11.5 Å². The molecule has 3 aromatic rings. The van der Waals surface area contributed by atoms with Crippen LogP contribution >= 0.6 is 0 Å². The van der Waals surface area contributed by atoms with Crippen molar-refractivity contribution in [2.75, 3.05) is 12.4 Å². The van der Waals surface area contributed by atoms with Crippen LogP contribution in [0.3, 0.4) is 0 Å².